The van der Waals surface area contributed by atoms with E-state index in [0.29, 0.717) is 24.9 Å². The number of benzene rings is 1. The van der Waals surface area contributed by atoms with Crippen LogP contribution < -0.4 is 71.2 Å². The summed E-state index contributed by atoms with van der Waals surface area (Å²) in [5, 5.41) is 37.6. The molecule has 20 N–H and O–H groups in total. The zero-order valence-electron chi connectivity index (χ0n) is 34.7. The Morgan fingerprint density at radius 1 is 0.556 bits per heavy atom. The number of aliphatic hydroxyl groups excluding tert-OH is 2. The molecule has 7 unspecified atom stereocenters. The number of rotatable bonds is 30. The zero-order valence-corrected chi connectivity index (χ0v) is 34.7. The van der Waals surface area contributed by atoms with Crippen molar-refractivity contribution >= 4 is 65.0 Å². The molecule has 0 saturated carbocycles. The average molecular weight is 894 g/mol. The second kappa shape index (κ2) is 28.7. The summed E-state index contributed by atoms with van der Waals surface area (Å²) in [5.41, 5.74) is 27.6. The number of amides is 11. The Bertz CT molecular complexity index is 1770. The first-order chi connectivity index (χ1) is 29.7. The normalized spacial score (nSPS) is 14.0. The van der Waals surface area contributed by atoms with E-state index in [-0.39, 0.29) is 19.3 Å². The standard InChI is InChI=1S/C37H59N13O13/c1-19(39)32(58)46-21(9-5-6-12-38)34(60)50-26(18-52)37(63)47-22(10-11-27(40)53)33(59)44-15-29(55)43-16-30(56)45-25(17-51)36(62)49-24(14-28(41)54)35(61)48-23(31(42)57)13-20-7-3-2-4-8-20/h2-4,7-8,19,21-26,51-52H,5-6,9-18,38-39H2,1H3,(H2,40,53)(H2,41,54)(H2,42,57)(H,43,55)(H,44,59)(H,45,56)(H,46,58)(H,47,63)(H,48,61)(H,49,62)(H,50,60). The minimum Gasteiger partial charge on any atom is -0.394 e. The van der Waals surface area contributed by atoms with Crippen molar-refractivity contribution in [1.82, 2.24) is 42.5 Å². The van der Waals surface area contributed by atoms with Crippen LogP contribution in [0.25, 0.3) is 0 Å². The van der Waals surface area contributed by atoms with Gasteiger partial charge >= 0.3 is 0 Å². The predicted octanol–water partition coefficient (Wildman–Crippen LogP) is -8.54. The van der Waals surface area contributed by atoms with Crippen molar-refractivity contribution in [3.8, 4) is 0 Å². The molecule has 1 rings (SSSR count). The maximum Gasteiger partial charge on any atom is 0.245 e. The Morgan fingerprint density at radius 2 is 1.05 bits per heavy atom. The molecule has 0 aromatic heterocycles. The van der Waals surface area contributed by atoms with Crippen LogP contribution in [0.2, 0.25) is 0 Å². The summed E-state index contributed by atoms with van der Waals surface area (Å²) in [6, 6.07) is -1.53. The molecule has 26 nitrogen and oxygen atoms in total. The average Bonchev–Trinajstić information content (AvgIpc) is 3.23. The van der Waals surface area contributed by atoms with Crippen molar-refractivity contribution in [2.24, 2.45) is 28.7 Å². The van der Waals surface area contributed by atoms with Gasteiger partial charge in [-0.2, -0.15) is 0 Å². The van der Waals surface area contributed by atoms with Gasteiger partial charge in [-0.15, -0.1) is 0 Å². The number of primary amides is 3. The fraction of sp³-hybridized carbons (Fsp3) is 0.541. The predicted molar refractivity (Wildman–Crippen MR) is 220 cm³/mol. The molecule has 0 radical (unpaired) electrons. The molecule has 11 amide bonds. The van der Waals surface area contributed by atoms with Crippen molar-refractivity contribution < 1.29 is 63.0 Å². The van der Waals surface area contributed by atoms with Crippen LogP contribution in [-0.2, 0) is 59.2 Å². The molecule has 7 atom stereocenters. The fourth-order valence-corrected chi connectivity index (χ4v) is 5.36. The van der Waals surface area contributed by atoms with E-state index in [9.17, 15) is 63.0 Å². The minimum absolute atomic E-state index is 0.0285. The molecule has 0 aliphatic rings. The van der Waals surface area contributed by atoms with Crippen molar-refractivity contribution in [2.75, 3.05) is 32.8 Å². The van der Waals surface area contributed by atoms with Crippen molar-refractivity contribution in [3.05, 3.63) is 35.9 Å². The lowest BCUT2D eigenvalue weighted by molar-refractivity contribution is -0.135. The summed E-state index contributed by atoms with van der Waals surface area (Å²) < 4.78 is 0. The lowest BCUT2D eigenvalue weighted by atomic mass is 10.0. The van der Waals surface area contributed by atoms with Crippen LogP contribution in [0.15, 0.2) is 30.3 Å². The van der Waals surface area contributed by atoms with Gasteiger partial charge in [-0.05, 0) is 44.7 Å². The minimum atomic E-state index is -1.73. The second-order valence-electron chi connectivity index (χ2n) is 14.1. The third-order valence-corrected chi connectivity index (χ3v) is 8.81. The van der Waals surface area contributed by atoms with Gasteiger partial charge in [-0.1, -0.05) is 30.3 Å². The van der Waals surface area contributed by atoms with E-state index in [1.165, 1.54) is 6.92 Å². The van der Waals surface area contributed by atoms with Crippen molar-refractivity contribution in [3.63, 3.8) is 0 Å². The Kier molecular flexibility index (Phi) is 24.7. The van der Waals surface area contributed by atoms with Gasteiger partial charge in [0, 0.05) is 12.8 Å². The number of aliphatic hydroxyl groups is 2. The third-order valence-electron chi connectivity index (χ3n) is 8.81. The molecule has 1 aromatic rings. The molecule has 1 aromatic carbocycles. The van der Waals surface area contributed by atoms with Crippen LogP contribution in [0.3, 0.4) is 0 Å². The first kappa shape index (κ1) is 54.2. The first-order valence-electron chi connectivity index (χ1n) is 19.7. The molecule has 350 valence electrons. The Labute approximate surface area is 361 Å². The lowest BCUT2D eigenvalue weighted by Gasteiger charge is -2.24. The largest absolute Gasteiger partial charge is 0.394 e. The molecular formula is C37H59N13O13. The summed E-state index contributed by atoms with van der Waals surface area (Å²) in [6.45, 7) is -1.91. The third kappa shape index (κ3) is 21.5. The number of carbonyl (C=O) groups excluding carboxylic acids is 11. The van der Waals surface area contributed by atoms with Crippen molar-refractivity contribution in [2.45, 2.75) is 94.2 Å². The van der Waals surface area contributed by atoms with Gasteiger partial charge in [-0.25, -0.2) is 0 Å². The number of carbonyl (C=O) groups is 11. The highest BCUT2D eigenvalue weighted by atomic mass is 16.3. The molecular weight excluding hydrogens is 834 g/mol. The molecule has 0 aliphatic carbocycles. The van der Waals surface area contributed by atoms with Crippen LogP contribution >= 0.6 is 0 Å². The highest BCUT2D eigenvalue weighted by molar-refractivity contribution is 5.98. The number of nitrogens with two attached hydrogens (primary N) is 5. The molecule has 0 fully saturated rings. The smallest absolute Gasteiger partial charge is 0.245 e. The van der Waals surface area contributed by atoms with Gasteiger partial charge in [-0.3, -0.25) is 52.7 Å². The fourth-order valence-electron chi connectivity index (χ4n) is 5.36. The van der Waals surface area contributed by atoms with Crippen LogP contribution in [0, 0.1) is 0 Å². The Balaban J connectivity index is 2.86. The second-order valence-corrected chi connectivity index (χ2v) is 14.1. The summed E-state index contributed by atoms with van der Waals surface area (Å²) >= 11 is 0. The number of hydrogen-bond donors (Lipinski definition) is 15. The zero-order chi connectivity index (χ0) is 47.6. The number of unbranched alkanes of at least 4 members (excludes halogenated alkanes) is 1. The van der Waals surface area contributed by atoms with E-state index in [1.807, 2.05) is 0 Å². The van der Waals surface area contributed by atoms with Gasteiger partial charge in [0.1, 0.15) is 36.3 Å². The highest BCUT2D eigenvalue weighted by Crippen LogP contribution is 2.06. The Morgan fingerprint density at radius 3 is 1.59 bits per heavy atom. The molecule has 0 spiro atoms. The number of hydrogen-bond acceptors (Lipinski definition) is 15. The van der Waals surface area contributed by atoms with Crippen LogP contribution in [0.5, 0.6) is 0 Å². The SMILES string of the molecule is CC(N)C(=O)NC(CCCCN)C(=O)NC(CO)C(=O)NC(CCC(N)=O)C(=O)NCC(=O)NCC(=O)NC(CO)C(=O)NC(CC(N)=O)C(=O)NC(Cc1ccccc1)C(N)=O. The molecule has 63 heavy (non-hydrogen) atoms. The van der Waals surface area contributed by atoms with Gasteiger partial charge < -0.3 is 81.4 Å². The van der Waals surface area contributed by atoms with Gasteiger partial charge in [0.05, 0.1) is 38.8 Å². The summed E-state index contributed by atoms with van der Waals surface area (Å²) in [6.07, 6.45) is -0.556. The van der Waals surface area contributed by atoms with E-state index >= 15 is 0 Å². The summed E-state index contributed by atoms with van der Waals surface area (Å²) in [4.78, 5) is 138. The van der Waals surface area contributed by atoms with Crippen molar-refractivity contribution in [1.29, 1.82) is 0 Å². The van der Waals surface area contributed by atoms with E-state index < -0.39 is 146 Å². The molecule has 0 saturated heterocycles. The summed E-state index contributed by atoms with van der Waals surface area (Å²) in [7, 11) is 0. The van der Waals surface area contributed by atoms with E-state index in [0.717, 1.165) is 0 Å². The molecule has 26 heteroatoms. The first-order valence-corrected chi connectivity index (χ1v) is 19.7. The van der Waals surface area contributed by atoms with Gasteiger partial charge in [0.2, 0.25) is 65.0 Å². The van der Waals surface area contributed by atoms with Crippen LogP contribution in [0.1, 0.15) is 51.0 Å². The van der Waals surface area contributed by atoms with E-state index in [1.54, 1.807) is 30.3 Å². The quantitative estimate of drug-likeness (QED) is 0.0319. The maximum absolute atomic E-state index is 13.1. The summed E-state index contributed by atoms with van der Waals surface area (Å²) in [5.74, 6) is -10.6. The number of nitrogens with one attached hydrogen (secondary N) is 8. The lowest BCUT2D eigenvalue weighted by Crippen LogP contribution is -2.59. The molecule has 0 aliphatic heterocycles. The van der Waals surface area contributed by atoms with E-state index in [4.69, 9.17) is 28.7 Å². The van der Waals surface area contributed by atoms with E-state index in [2.05, 4.69) is 42.5 Å². The van der Waals surface area contributed by atoms with Crippen LogP contribution in [0.4, 0.5) is 0 Å². The highest BCUT2D eigenvalue weighted by Gasteiger charge is 2.32. The molecule has 0 heterocycles. The van der Waals surface area contributed by atoms with Gasteiger partial charge in [0.25, 0.3) is 0 Å². The Hall–Kier alpha value is -6.77. The van der Waals surface area contributed by atoms with Gasteiger partial charge in [0.15, 0.2) is 0 Å². The van der Waals surface area contributed by atoms with Crippen LogP contribution in [-0.4, -0.2) is 150 Å². The molecule has 0 bridgehead atoms. The topological polar surface area (TPSA) is 455 Å². The monoisotopic (exact) mass is 893 g/mol. The maximum atomic E-state index is 13.1.